The number of rotatable bonds is 5. The van der Waals surface area contributed by atoms with Gasteiger partial charge in [-0.2, -0.15) is 0 Å². The molecule has 0 saturated carbocycles. The Bertz CT molecular complexity index is 2750. The van der Waals surface area contributed by atoms with Crippen LogP contribution in [0.1, 0.15) is 60.3 Å². The summed E-state index contributed by atoms with van der Waals surface area (Å²) in [4.78, 5) is 19.3. The Hall–Kier alpha value is -5.49. The standard InChI is InChI=1S/C33H27N4O.C12H10N.Ir/c1-19(2)21-12-9-13-22(20(3)4)29(21)37-32(36-31-33(37)35-27-17-7-6-16-26(27)34-31)25-15-10-14-24-23-11-5-8-18-28(23)38-30(24)25;1-10-7-8-12(13-9-10)11-5-3-2-4-6-11;/h5-14,16-20H,1-4H3;2-5,7-9H,1H3;/q2*-1;/i;1D3;. The van der Waals surface area contributed by atoms with Crippen molar-refractivity contribution in [3.8, 4) is 28.3 Å². The second kappa shape index (κ2) is 14.6. The Balaban J connectivity index is 0.000000231. The number of benzene rings is 5. The summed E-state index contributed by atoms with van der Waals surface area (Å²) in [6.07, 6.45) is 1.39. The van der Waals surface area contributed by atoms with Gasteiger partial charge in [0.05, 0.1) is 22.4 Å². The maximum Gasteiger partial charge on any atom is 0.188 e. The summed E-state index contributed by atoms with van der Waals surface area (Å²) in [6, 6.07) is 43.9. The van der Waals surface area contributed by atoms with Gasteiger partial charge in [-0.25, -0.2) is 9.97 Å². The predicted octanol–water partition coefficient (Wildman–Crippen LogP) is 11.4. The van der Waals surface area contributed by atoms with Gasteiger partial charge in [0, 0.05) is 41.5 Å². The minimum absolute atomic E-state index is 0. The molecule has 0 atom stereocenters. The van der Waals surface area contributed by atoms with Crippen LogP contribution in [-0.2, 0) is 20.1 Å². The number of aryl methyl sites for hydroxylation is 1. The number of furan rings is 1. The van der Waals surface area contributed by atoms with E-state index in [9.17, 15) is 0 Å². The monoisotopic (exact) mass is 859 g/mol. The van der Waals surface area contributed by atoms with Crippen LogP contribution in [0.25, 0.3) is 72.6 Å². The molecular weight excluding hydrogens is 819 g/mol. The van der Waals surface area contributed by atoms with Crippen molar-refractivity contribution in [2.24, 2.45) is 0 Å². The van der Waals surface area contributed by atoms with Crippen LogP contribution < -0.4 is 0 Å². The van der Waals surface area contributed by atoms with Gasteiger partial charge in [-0.05, 0) is 59.3 Å². The Labute approximate surface area is 321 Å². The van der Waals surface area contributed by atoms with Gasteiger partial charge >= 0.3 is 0 Å². The van der Waals surface area contributed by atoms with E-state index in [4.69, 9.17) is 23.5 Å². The Morgan fingerprint density at radius 3 is 2.12 bits per heavy atom. The van der Waals surface area contributed by atoms with E-state index in [0.717, 1.165) is 67.0 Å². The number of nitrogens with zero attached hydrogens (tertiary/aromatic N) is 5. The first-order chi connectivity index (χ1) is 26.1. The summed E-state index contributed by atoms with van der Waals surface area (Å²) in [6.45, 7) is 6.83. The van der Waals surface area contributed by atoms with Crippen LogP contribution in [0.5, 0.6) is 0 Å². The van der Waals surface area contributed by atoms with Gasteiger partial charge in [-0.1, -0.05) is 99.3 Å². The van der Waals surface area contributed by atoms with Crippen molar-refractivity contribution in [2.45, 2.75) is 46.4 Å². The average molecular weight is 859 g/mol. The SMILES string of the molecule is CC(C)c1cccc(C(C)C)c1-n1c(-c2[c-]ccc3c2oc2ccccc23)nc2nc3ccccc3nc21.[2H]C([2H])([2H])c1ccc(-c2[c-]cccc2)nc1.[Ir]. The van der Waals surface area contributed by atoms with Crippen molar-refractivity contribution in [2.75, 3.05) is 0 Å². The molecule has 0 aliphatic rings. The minimum Gasteiger partial charge on any atom is -0.501 e. The van der Waals surface area contributed by atoms with Crippen molar-refractivity contribution in [3.05, 3.63) is 150 Å². The summed E-state index contributed by atoms with van der Waals surface area (Å²) in [7, 11) is 0. The zero-order chi connectivity index (χ0) is 37.6. The van der Waals surface area contributed by atoms with Crippen LogP contribution in [0.2, 0.25) is 0 Å². The molecule has 4 heterocycles. The Kier molecular flexibility index (Phi) is 8.79. The molecule has 7 heteroatoms. The van der Waals surface area contributed by atoms with Crippen LogP contribution in [0.3, 0.4) is 0 Å². The third-order valence-electron chi connectivity index (χ3n) is 9.05. The predicted molar refractivity (Wildman–Crippen MR) is 207 cm³/mol. The quantitative estimate of drug-likeness (QED) is 0.161. The molecule has 0 saturated heterocycles. The summed E-state index contributed by atoms with van der Waals surface area (Å²) in [5.74, 6) is 1.33. The summed E-state index contributed by atoms with van der Waals surface area (Å²) >= 11 is 0. The van der Waals surface area contributed by atoms with Crippen LogP contribution in [0.4, 0.5) is 0 Å². The van der Waals surface area contributed by atoms with Crippen LogP contribution in [0.15, 0.2) is 126 Å². The number of hydrogen-bond acceptors (Lipinski definition) is 5. The van der Waals surface area contributed by atoms with E-state index < -0.39 is 6.85 Å². The molecule has 0 spiro atoms. The molecule has 0 amide bonds. The van der Waals surface area contributed by atoms with Gasteiger partial charge in [0.15, 0.2) is 11.3 Å². The largest absolute Gasteiger partial charge is 0.501 e. The third-order valence-corrected chi connectivity index (χ3v) is 9.05. The smallest absolute Gasteiger partial charge is 0.188 e. The zero-order valence-corrected chi connectivity index (χ0v) is 31.6. The third kappa shape index (κ3) is 6.43. The van der Waals surface area contributed by atoms with Crippen molar-refractivity contribution in [3.63, 3.8) is 0 Å². The van der Waals surface area contributed by atoms with E-state index in [-0.39, 0.29) is 25.7 Å². The molecule has 0 unspecified atom stereocenters. The molecule has 259 valence electrons. The Morgan fingerprint density at radius 1 is 0.692 bits per heavy atom. The Morgan fingerprint density at radius 2 is 1.42 bits per heavy atom. The maximum atomic E-state index is 7.23. The average Bonchev–Trinajstić information content (AvgIpc) is 3.75. The fourth-order valence-corrected chi connectivity index (χ4v) is 6.57. The second-order valence-corrected chi connectivity index (χ2v) is 13.1. The van der Waals surface area contributed by atoms with E-state index in [1.54, 1.807) is 18.2 Å². The first-order valence-corrected chi connectivity index (χ1v) is 17.1. The van der Waals surface area contributed by atoms with Crippen LogP contribution in [0, 0.1) is 19.0 Å². The number of pyridine rings is 1. The minimum atomic E-state index is -2.09. The number of fused-ring (bicyclic) bond motifs is 5. The van der Waals surface area contributed by atoms with Gasteiger partial charge in [0.2, 0.25) is 0 Å². The fraction of sp³-hybridized carbons (Fsp3) is 0.156. The van der Waals surface area contributed by atoms with Gasteiger partial charge < -0.3 is 14.0 Å². The van der Waals surface area contributed by atoms with Gasteiger partial charge in [0.1, 0.15) is 5.58 Å². The molecule has 0 N–H and O–H groups in total. The van der Waals surface area contributed by atoms with E-state index in [0.29, 0.717) is 17.5 Å². The maximum absolute atomic E-state index is 7.23. The molecule has 9 rings (SSSR count). The molecule has 0 aliphatic heterocycles. The normalized spacial score (nSPS) is 12.5. The summed E-state index contributed by atoms with van der Waals surface area (Å²) in [5.41, 5.74) is 10.9. The number of imidazole rings is 1. The molecule has 0 bridgehead atoms. The van der Waals surface area contributed by atoms with Gasteiger partial charge in [-0.15, -0.1) is 54.1 Å². The first kappa shape index (κ1) is 31.3. The molecule has 5 aromatic carbocycles. The molecule has 0 fully saturated rings. The number of para-hydroxylation sites is 4. The topological polar surface area (TPSA) is 69.6 Å². The molecule has 1 radical (unpaired) electrons. The van der Waals surface area contributed by atoms with Crippen molar-refractivity contribution in [1.29, 1.82) is 0 Å². The summed E-state index contributed by atoms with van der Waals surface area (Å²) in [5, 5.41) is 2.12. The van der Waals surface area contributed by atoms with E-state index >= 15 is 0 Å². The van der Waals surface area contributed by atoms with E-state index in [2.05, 4.69) is 79.7 Å². The fourth-order valence-electron chi connectivity index (χ4n) is 6.57. The second-order valence-electron chi connectivity index (χ2n) is 13.1. The molecule has 9 aromatic rings. The zero-order valence-electron chi connectivity index (χ0n) is 32.2. The van der Waals surface area contributed by atoms with E-state index in [1.807, 2.05) is 66.7 Å². The first-order valence-electron chi connectivity index (χ1n) is 18.6. The van der Waals surface area contributed by atoms with Gasteiger partial charge in [-0.3, -0.25) is 4.98 Å². The van der Waals surface area contributed by atoms with Crippen molar-refractivity contribution < 1.29 is 28.6 Å². The molecule has 0 aliphatic carbocycles. The number of hydrogen-bond donors (Lipinski definition) is 0. The van der Waals surface area contributed by atoms with E-state index in [1.165, 1.54) is 17.3 Å². The molecular formula is C45H37IrN5O-2. The van der Waals surface area contributed by atoms with Crippen LogP contribution >= 0.6 is 0 Å². The van der Waals surface area contributed by atoms with Crippen LogP contribution in [-0.4, -0.2) is 24.5 Å². The molecule has 6 nitrogen and oxygen atoms in total. The van der Waals surface area contributed by atoms with Crippen molar-refractivity contribution in [1.82, 2.24) is 24.5 Å². The van der Waals surface area contributed by atoms with Crippen molar-refractivity contribution >= 4 is 44.3 Å². The van der Waals surface area contributed by atoms with Gasteiger partial charge in [0.25, 0.3) is 0 Å². The molecule has 4 aromatic heterocycles. The molecule has 52 heavy (non-hydrogen) atoms. The number of aromatic nitrogens is 5. The summed E-state index contributed by atoms with van der Waals surface area (Å²) < 4.78 is 30.3.